The summed E-state index contributed by atoms with van der Waals surface area (Å²) in [6, 6.07) is 6.00. The van der Waals surface area contributed by atoms with E-state index in [0.717, 1.165) is 15.8 Å². The second-order valence-electron chi connectivity index (χ2n) is 4.12. The van der Waals surface area contributed by atoms with Crippen molar-refractivity contribution in [2.24, 2.45) is 0 Å². The van der Waals surface area contributed by atoms with Gasteiger partial charge in [-0.25, -0.2) is 4.98 Å². The molecule has 0 spiro atoms. The zero-order valence-corrected chi connectivity index (χ0v) is 10.2. The molecule has 0 aliphatic carbocycles. The summed E-state index contributed by atoms with van der Waals surface area (Å²) in [7, 11) is 0. The van der Waals surface area contributed by atoms with Gasteiger partial charge in [-0.05, 0) is 24.6 Å². The number of ether oxygens (including phenoxy) is 1. The maximum Gasteiger partial charge on any atom is 0.249 e. The van der Waals surface area contributed by atoms with Gasteiger partial charge in [0.05, 0.1) is 28.4 Å². The molecule has 0 radical (unpaired) electrons. The molecule has 1 aliphatic heterocycles. The highest BCUT2D eigenvalue weighted by atomic mass is 32.1. The Hall–Kier alpha value is -1.46. The first-order valence-electron chi connectivity index (χ1n) is 5.49. The maximum absolute atomic E-state index is 11.5. The van der Waals surface area contributed by atoms with Crippen molar-refractivity contribution in [2.75, 3.05) is 6.61 Å². The van der Waals surface area contributed by atoms with E-state index in [1.807, 2.05) is 23.7 Å². The quantitative estimate of drug-likeness (QED) is 0.838. The van der Waals surface area contributed by atoms with Gasteiger partial charge in [0.25, 0.3) is 0 Å². The fraction of sp³-hybridized carbons (Fsp3) is 0.333. The van der Waals surface area contributed by atoms with Crippen LogP contribution in [0.1, 0.15) is 18.5 Å². The van der Waals surface area contributed by atoms with Gasteiger partial charge in [0.15, 0.2) is 0 Å². The van der Waals surface area contributed by atoms with Gasteiger partial charge in [0, 0.05) is 0 Å². The Balaban J connectivity index is 1.90. The fourth-order valence-electron chi connectivity index (χ4n) is 1.92. The van der Waals surface area contributed by atoms with Crippen molar-refractivity contribution in [3.05, 3.63) is 29.3 Å². The first kappa shape index (κ1) is 10.7. The minimum absolute atomic E-state index is 0.0559. The van der Waals surface area contributed by atoms with Crippen LogP contribution in [0.2, 0.25) is 0 Å². The van der Waals surface area contributed by atoms with Gasteiger partial charge in [-0.15, -0.1) is 11.3 Å². The maximum atomic E-state index is 11.5. The highest BCUT2D eigenvalue weighted by Gasteiger charge is 2.26. The molecular weight excluding hydrogens is 236 g/mol. The SMILES string of the molecule is CC1OCC(c2ccc3scnc3c2)NC1=O. The highest BCUT2D eigenvalue weighted by Crippen LogP contribution is 2.24. The summed E-state index contributed by atoms with van der Waals surface area (Å²) >= 11 is 1.61. The summed E-state index contributed by atoms with van der Waals surface area (Å²) in [5.41, 5.74) is 3.84. The monoisotopic (exact) mass is 248 g/mol. The fourth-order valence-corrected chi connectivity index (χ4v) is 2.58. The lowest BCUT2D eigenvalue weighted by Gasteiger charge is -2.27. The third kappa shape index (κ3) is 1.92. The molecule has 0 bridgehead atoms. The van der Waals surface area contributed by atoms with E-state index in [-0.39, 0.29) is 18.1 Å². The first-order valence-corrected chi connectivity index (χ1v) is 6.37. The smallest absolute Gasteiger partial charge is 0.249 e. The van der Waals surface area contributed by atoms with Gasteiger partial charge < -0.3 is 10.1 Å². The molecule has 88 valence electrons. The number of carbonyl (C=O) groups excluding carboxylic acids is 1. The number of morpholine rings is 1. The minimum atomic E-state index is -0.353. The molecule has 2 unspecified atom stereocenters. The number of benzene rings is 1. The summed E-state index contributed by atoms with van der Waals surface area (Å²) in [6.45, 7) is 2.28. The molecule has 1 aromatic carbocycles. The van der Waals surface area contributed by atoms with E-state index in [1.165, 1.54) is 0 Å². The van der Waals surface area contributed by atoms with Crippen molar-refractivity contribution in [1.29, 1.82) is 0 Å². The molecule has 2 aromatic rings. The molecule has 17 heavy (non-hydrogen) atoms. The molecular formula is C12H12N2O2S. The van der Waals surface area contributed by atoms with Crippen molar-refractivity contribution in [1.82, 2.24) is 10.3 Å². The van der Waals surface area contributed by atoms with Gasteiger partial charge in [-0.2, -0.15) is 0 Å². The second kappa shape index (κ2) is 4.09. The molecule has 5 heteroatoms. The van der Waals surface area contributed by atoms with Gasteiger partial charge in [0.1, 0.15) is 6.10 Å². The van der Waals surface area contributed by atoms with Crippen LogP contribution in [0, 0.1) is 0 Å². The average molecular weight is 248 g/mol. The van der Waals surface area contributed by atoms with Gasteiger partial charge >= 0.3 is 0 Å². The molecule has 1 aromatic heterocycles. The van der Waals surface area contributed by atoms with Crippen molar-refractivity contribution >= 4 is 27.5 Å². The molecule has 1 aliphatic rings. The first-order chi connectivity index (χ1) is 8.24. The van der Waals surface area contributed by atoms with Gasteiger partial charge in [-0.3, -0.25) is 4.79 Å². The number of amides is 1. The average Bonchev–Trinajstić information content (AvgIpc) is 2.79. The number of aromatic nitrogens is 1. The Kier molecular flexibility index (Phi) is 2.57. The molecule has 1 N–H and O–H groups in total. The van der Waals surface area contributed by atoms with E-state index in [4.69, 9.17) is 4.74 Å². The number of hydrogen-bond acceptors (Lipinski definition) is 4. The largest absolute Gasteiger partial charge is 0.366 e. The number of thiazole rings is 1. The van der Waals surface area contributed by atoms with Crippen LogP contribution >= 0.6 is 11.3 Å². The van der Waals surface area contributed by atoms with E-state index < -0.39 is 0 Å². The van der Waals surface area contributed by atoms with Crippen molar-refractivity contribution in [3.63, 3.8) is 0 Å². The zero-order chi connectivity index (χ0) is 11.8. The van der Waals surface area contributed by atoms with Crippen LogP contribution < -0.4 is 5.32 Å². The Morgan fingerprint density at radius 1 is 1.53 bits per heavy atom. The molecule has 2 atom stereocenters. The van der Waals surface area contributed by atoms with Crippen LogP contribution in [0.25, 0.3) is 10.2 Å². The van der Waals surface area contributed by atoms with Crippen LogP contribution in [0.4, 0.5) is 0 Å². The minimum Gasteiger partial charge on any atom is -0.366 e. The van der Waals surface area contributed by atoms with Crippen LogP contribution in [0.5, 0.6) is 0 Å². The van der Waals surface area contributed by atoms with Crippen LogP contribution in [-0.4, -0.2) is 23.6 Å². The van der Waals surface area contributed by atoms with Gasteiger partial charge in [-0.1, -0.05) is 6.07 Å². The van der Waals surface area contributed by atoms with Crippen LogP contribution in [0.15, 0.2) is 23.7 Å². The molecule has 1 saturated heterocycles. The van der Waals surface area contributed by atoms with E-state index in [0.29, 0.717) is 6.61 Å². The summed E-state index contributed by atoms with van der Waals surface area (Å²) in [5.74, 6) is -0.0559. The molecule has 4 nitrogen and oxygen atoms in total. The van der Waals surface area contributed by atoms with Crippen LogP contribution in [0.3, 0.4) is 0 Å². The second-order valence-corrected chi connectivity index (χ2v) is 5.00. The third-order valence-corrected chi connectivity index (χ3v) is 3.77. The standard InChI is InChI=1S/C12H12N2O2S/c1-7-12(15)14-10(5-16-7)8-2-3-11-9(4-8)13-6-17-11/h2-4,6-7,10H,5H2,1H3,(H,14,15). The van der Waals surface area contributed by atoms with E-state index in [9.17, 15) is 4.79 Å². The Labute approximate surface area is 103 Å². The predicted molar refractivity (Wildman–Crippen MR) is 65.9 cm³/mol. The highest BCUT2D eigenvalue weighted by molar-refractivity contribution is 7.16. The van der Waals surface area contributed by atoms with E-state index in [1.54, 1.807) is 18.3 Å². The number of fused-ring (bicyclic) bond motifs is 1. The summed E-state index contributed by atoms with van der Waals surface area (Å²) < 4.78 is 6.58. The number of nitrogens with one attached hydrogen (secondary N) is 1. The lowest BCUT2D eigenvalue weighted by atomic mass is 10.1. The summed E-state index contributed by atoms with van der Waals surface area (Å²) in [5, 5.41) is 2.95. The van der Waals surface area contributed by atoms with Crippen molar-refractivity contribution in [3.8, 4) is 0 Å². The molecule has 3 rings (SSSR count). The Bertz CT molecular complexity index is 566. The molecule has 0 saturated carbocycles. The number of carbonyl (C=O) groups is 1. The number of rotatable bonds is 1. The normalized spacial score (nSPS) is 24.9. The predicted octanol–water partition coefficient (Wildman–Crippen LogP) is 1.87. The van der Waals surface area contributed by atoms with E-state index in [2.05, 4.69) is 10.3 Å². The van der Waals surface area contributed by atoms with E-state index >= 15 is 0 Å². The number of hydrogen-bond donors (Lipinski definition) is 1. The molecule has 1 fully saturated rings. The van der Waals surface area contributed by atoms with Crippen molar-refractivity contribution in [2.45, 2.75) is 19.1 Å². The number of nitrogens with zero attached hydrogens (tertiary/aromatic N) is 1. The van der Waals surface area contributed by atoms with Crippen LogP contribution in [-0.2, 0) is 9.53 Å². The lowest BCUT2D eigenvalue weighted by molar-refractivity contribution is -0.139. The Morgan fingerprint density at radius 2 is 2.41 bits per heavy atom. The lowest BCUT2D eigenvalue weighted by Crippen LogP contribution is -2.44. The summed E-state index contributed by atoms with van der Waals surface area (Å²) in [4.78, 5) is 15.8. The topological polar surface area (TPSA) is 51.2 Å². The Morgan fingerprint density at radius 3 is 3.24 bits per heavy atom. The van der Waals surface area contributed by atoms with Gasteiger partial charge in [0.2, 0.25) is 5.91 Å². The third-order valence-electron chi connectivity index (χ3n) is 2.96. The van der Waals surface area contributed by atoms with Crippen molar-refractivity contribution < 1.29 is 9.53 Å². The molecule has 2 heterocycles. The molecule has 1 amide bonds. The zero-order valence-electron chi connectivity index (χ0n) is 9.34. The summed E-state index contributed by atoms with van der Waals surface area (Å²) in [6.07, 6.45) is -0.353.